The summed E-state index contributed by atoms with van der Waals surface area (Å²) in [4.78, 5) is 22.1. The first-order valence-electron chi connectivity index (χ1n) is 3.60. The largest absolute Gasteiger partial charge is 0.315 e. The lowest BCUT2D eigenvalue weighted by molar-refractivity contribution is -0.386. The molecule has 7 heteroatoms. The highest BCUT2D eigenvalue weighted by Gasteiger charge is 2.23. The number of nitrogens with zero attached hydrogens (tertiary/aromatic N) is 1. The van der Waals surface area contributed by atoms with Crippen molar-refractivity contribution in [1.82, 2.24) is 4.98 Å². The maximum Gasteiger partial charge on any atom is 0.294 e. The quantitative estimate of drug-likeness (QED) is 0.586. The number of nitrogens with one attached hydrogen (secondary N) is 1. The van der Waals surface area contributed by atoms with Gasteiger partial charge in [-0.25, -0.2) is 8.78 Å². The standard InChI is InChI=1S/C7H6F2N2O3/c1-3-2-4(11(13)14)5(6(8)9)10-7(3)12/h2,6H,1H3,(H,10,12). The zero-order valence-electron chi connectivity index (χ0n) is 7.08. The number of hydrogen-bond donors (Lipinski definition) is 1. The molecule has 0 saturated carbocycles. The van der Waals surface area contributed by atoms with Gasteiger partial charge in [0, 0.05) is 11.6 Å². The lowest BCUT2D eigenvalue weighted by Crippen LogP contribution is -2.14. The molecule has 0 saturated heterocycles. The Labute approximate surface area is 76.5 Å². The molecule has 0 amide bonds. The summed E-state index contributed by atoms with van der Waals surface area (Å²) in [5.41, 5.74) is -2.44. The maximum atomic E-state index is 12.2. The maximum absolute atomic E-state index is 12.2. The van der Waals surface area contributed by atoms with Crippen LogP contribution in [-0.4, -0.2) is 9.91 Å². The van der Waals surface area contributed by atoms with Crippen LogP contribution < -0.4 is 5.56 Å². The molecule has 1 heterocycles. The molecule has 14 heavy (non-hydrogen) atoms. The first-order valence-corrected chi connectivity index (χ1v) is 3.60. The van der Waals surface area contributed by atoms with Gasteiger partial charge in [0.15, 0.2) is 5.69 Å². The van der Waals surface area contributed by atoms with Gasteiger partial charge in [0.05, 0.1) is 4.92 Å². The van der Waals surface area contributed by atoms with E-state index in [4.69, 9.17) is 0 Å². The van der Waals surface area contributed by atoms with E-state index < -0.39 is 28.3 Å². The van der Waals surface area contributed by atoms with Gasteiger partial charge in [0.1, 0.15) is 0 Å². The molecule has 1 aromatic rings. The van der Waals surface area contributed by atoms with Crippen LogP contribution in [0.25, 0.3) is 0 Å². The molecule has 1 N–H and O–H groups in total. The Bertz CT molecular complexity index is 427. The normalized spacial score (nSPS) is 10.6. The van der Waals surface area contributed by atoms with E-state index in [-0.39, 0.29) is 5.56 Å². The van der Waals surface area contributed by atoms with E-state index in [1.54, 1.807) is 4.98 Å². The average molecular weight is 204 g/mol. The Morgan fingerprint density at radius 3 is 2.57 bits per heavy atom. The summed E-state index contributed by atoms with van der Waals surface area (Å²) in [6, 6.07) is 0.834. The van der Waals surface area contributed by atoms with Crippen LogP contribution in [-0.2, 0) is 0 Å². The predicted octanol–water partition coefficient (Wildman–Crippen LogP) is 1.53. The smallest absolute Gasteiger partial charge is 0.294 e. The molecule has 0 spiro atoms. The van der Waals surface area contributed by atoms with Crippen LogP contribution in [0.2, 0.25) is 0 Å². The Kier molecular flexibility index (Phi) is 2.59. The molecule has 0 unspecified atom stereocenters. The third-order valence-electron chi connectivity index (χ3n) is 1.65. The van der Waals surface area contributed by atoms with Crippen LogP contribution in [0.1, 0.15) is 17.7 Å². The monoisotopic (exact) mass is 204 g/mol. The molecule has 0 fully saturated rings. The van der Waals surface area contributed by atoms with Crippen LogP contribution >= 0.6 is 0 Å². The lowest BCUT2D eigenvalue weighted by Gasteiger charge is -2.01. The molecule has 0 atom stereocenters. The number of hydrogen-bond acceptors (Lipinski definition) is 3. The molecule has 0 aromatic carbocycles. The van der Waals surface area contributed by atoms with Gasteiger partial charge in [-0.3, -0.25) is 14.9 Å². The fraction of sp³-hybridized carbons (Fsp3) is 0.286. The summed E-state index contributed by atoms with van der Waals surface area (Å²) in [5, 5.41) is 10.3. The van der Waals surface area contributed by atoms with E-state index in [2.05, 4.69) is 0 Å². The van der Waals surface area contributed by atoms with Crippen LogP contribution in [0.4, 0.5) is 14.5 Å². The molecule has 0 bridgehead atoms. The van der Waals surface area contributed by atoms with Crippen molar-refractivity contribution >= 4 is 5.69 Å². The fourth-order valence-corrected chi connectivity index (χ4v) is 0.951. The minimum atomic E-state index is -3.07. The van der Waals surface area contributed by atoms with Crippen LogP contribution in [0.15, 0.2) is 10.9 Å². The Balaban J connectivity index is 3.47. The van der Waals surface area contributed by atoms with E-state index in [1.165, 1.54) is 6.92 Å². The van der Waals surface area contributed by atoms with Gasteiger partial charge in [-0.2, -0.15) is 0 Å². The fourth-order valence-electron chi connectivity index (χ4n) is 0.951. The van der Waals surface area contributed by atoms with Gasteiger partial charge in [-0.05, 0) is 6.92 Å². The summed E-state index contributed by atoms with van der Waals surface area (Å²) >= 11 is 0. The second kappa shape index (κ2) is 3.52. The van der Waals surface area contributed by atoms with Crippen molar-refractivity contribution in [1.29, 1.82) is 0 Å². The second-order valence-corrected chi connectivity index (χ2v) is 2.64. The van der Waals surface area contributed by atoms with Crippen LogP contribution in [0.3, 0.4) is 0 Å². The zero-order valence-corrected chi connectivity index (χ0v) is 7.08. The minimum absolute atomic E-state index is 0.0288. The molecular weight excluding hydrogens is 198 g/mol. The van der Waals surface area contributed by atoms with Gasteiger partial charge in [-0.15, -0.1) is 0 Å². The molecule has 5 nitrogen and oxygen atoms in total. The van der Waals surface area contributed by atoms with Crippen molar-refractivity contribution in [2.75, 3.05) is 0 Å². The van der Waals surface area contributed by atoms with Crippen LogP contribution in [0.5, 0.6) is 0 Å². The van der Waals surface area contributed by atoms with Crippen molar-refractivity contribution in [2.45, 2.75) is 13.3 Å². The molecule has 0 aliphatic rings. The molecular formula is C7H6F2N2O3. The van der Waals surface area contributed by atoms with Gasteiger partial charge in [-0.1, -0.05) is 0 Å². The summed E-state index contributed by atoms with van der Waals surface area (Å²) < 4.78 is 24.4. The van der Waals surface area contributed by atoms with Gasteiger partial charge >= 0.3 is 0 Å². The summed E-state index contributed by atoms with van der Waals surface area (Å²) in [5.74, 6) is 0. The molecule has 76 valence electrons. The average Bonchev–Trinajstić information content (AvgIpc) is 2.08. The first-order chi connectivity index (χ1) is 6.43. The Morgan fingerprint density at radius 2 is 2.14 bits per heavy atom. The Morgan fingerprint density at radius 1 is 1.57 bits per heavy atom. The van der Waals surface area contributed by atoms with Gasteiger partial charge in [0.2, 0.25) is 0 Å². The van der Waals surface area contributed by atoms with E-state index >= 15 is 0 Å². The molecule has 0 aliphatic carbocycles. The number of pyridine rings is 1. The predicted molar refractivity (Wildman–Crippen MR) is 43.4 cm³/mol. The number of nitro groups is 1. The number of halogens is 2. The first kappa shape index (κ1) is 10.3. The molecule has 0 aliphatic heterocycles. The molecule has 1 rings (SSSR count). The third-order valence-corrected chi connectivity index (χ3v) is 1.65. The number of H-pyrrole nitrogens is 1. The van der Waals surface area contributed by atoms with Crippen molar-refractivity contribution in [3.05, 3.63) is 37.8 Å². The summed E-state index contributed by atoms with van der Waals surface area (Å²) in [7, 11) is 0. The highest BCUT2D eigenvalue weighted by Crippen LogP contribution is 2.25. The van der Waals surface area contributed by atoms with Crippen molar-refractivity contribution < 1.29 is 13.7 Å². The number of alkyl halides is 2. The number of aromatic amines is 1. The SMILES string of the molecule is Cc1cc([N+](=O)[O-])c(C(F)F)[nH]c1=O. The number of rotatable bonds is 2. The highest BCUT2D eigenvalue weighted by atomic mass is 19.3. The van der Waals surface area contributed by atoms with Crippen molar-refractivity contribution in [3.63, 3.8) is 0 Å². The highest BCUT2D eigenvalue weighted by molar-refractivity contribution is 5.38. The topological polar surface area (TPSA) is 76.0 Å². The molecule has 1 aromatic heterocycles. The summed E-state index contributed by atoms with van der Waals surface area (Å²) in [6.07, 6.45) is -3.07. The number of aromatic nitrogens is 1. The van der Waals surface area contributed by atoms with Gasteiger partial charge < -0.3 is 4.98 Å². The third kappa shape index (κ3) is 1.76. The van der Waals surface area contributed by atoms with Crippen LogP contribution in [0, 0.1) is 17.0 Å². The van der Waals surface area contributed by atoms with E-state index in [9.17, 15) is 23.7 Å². The van der Waals surface area contributed by atoms with E-state index in [0.29, 0.717) is 0 Å². The van der Waals surface area contributed by atoms with Gasteiger partial charge in [0.25, 0.3) is 17.7 Å². The van der Waals surface area contributed by atoms with E-state index in [0.717, 1.165) is 6.07 Å². The van der Waals surface area contributed by atoms with Crippen molar-refractivity contribution in [3.8, 4) is 0 Å². The second-order valence-electron chi connectivity index (χ2n) is 2.64. The number of aryl methyl sites for hydroxylation is 1. The van der Waals surface area contributed by atoms with E-state index in [1.807, 2.05) is 0 Å². The lowest BCUT2D eigenvalue weighted by atomic mass is 10.2. The van der Waals surface area contributed by atoms with Crippen molar-refractivity contribution in [2.24, 2.45) is 0 Å². The summed E-state index contributed by atoms with van der Waals surface area (Å²) in [6.45, 7) is 1.31. The zero-order chi connectivity index (χ0) is 10.9. The minimum Gasteiger partial charge on any atom is -0.315 e. The Hall–Kier alpha value is -1.79. The molecule has 0 radical (unpaired) electrons.